The minimum absolute atomic E-state index is 0.486. The highest BCUT2D eigenvalue weighted by Crippen LogP contribution is 1.90. The third-order valence-corrected chi connectivity index (χ3v) is 1.10. The molecule has 6 heteroatoms. The molecule has 0 saturated heterocycles. The number of carbonyl (C=O) groups is 3. The van der Waals surface area contributed by atoms with E-state index in [-0.39, 0.29) is 0 Å². The Morgan fingerprint density at radius 2 is 2.00 bits per heavy atom. The van der Waals surface area contributed by atoms with Crippen molar-refractivity contribution in [3.05, 3.63) is 0 Å². The second kappa shape index (κ2) is 4.32. The van der Waals surface area contributed by atoms with E-state index in [1.54, 1.807) is 0 Å². The third-order valence-electron chi connectivity index (χ3n) is 1.10. The maximum Gasteiger partial charge on any atom is 0.305 e. The summed E-state index contributed by atoms with van der Waals surface area (Å²) in [6.07, 6.45) is -0.491. The summed E-state index contributed by atoms with van der Waals surface area (Å²) in [5, 5.41) is 10.4. The number of carbonyl (C=O) groups excluding carboxylic acids is 2. The summed E-state index contributed by atoms with van der Waals surface area (Å²) >= 11 is 0. The van der Waals surface area contributed by atoms with E-state index in [2.05, 4.69) is 5.32 Å². The van der Waals surface area contributed by atoms with Crippen LogP contribution in [0.25, 0.3) is 0 Å². The molecular weight excluding hydrogens is 164 g/mol. The topological polar surface area (TPSA) is 109 Å². The minimum atomic E-state index is -1.19. The van der Waals surface area contributed by atoms with Crippen molar-refractivity contribution in [3.63, 3.8) is 0 Å². The van der Waals surface area contributed by atoms with E-state index in [1.807, 2.05) is 0 Å². The van der Waals surface area contributed by atoms with Crippen LogP contribution in [-0.2, 0) is 14.4 Å². The average molecular weight is 174 g/mol. The van der Waals surface area contributed by atoms with E-state index in [0.717, 1.165) is 0 Å². The maximum atomic E-state index is 10.5. The van der Waals surface area contributed by atoms with Crippen LogP contribution in [0.3, 0.4) is 0 Å². The van der Waals surface area contributed by atoms with Crippen molar-refractivity contribution in [1.29, 1.82) is 0 Å². The lowest BCUT2D eigenvalue weighted by atomic mass is 10.2. The van der Waals surface area contributed by atoms with Crippen molar-refractivity contribution in [1.82, 2.24) is 5.32 Å². The van der Waals surface area contributed by atoms with Crippen LogP contribution in [0, 0.1) is 0 Å². The minimum Gasteiger partial charge on any atom is -0.481 e. The molecule has 1 unspecified atom stereocenters. The Balaban J connectivity index is 4.14. The molecule has 0 spiro atoms. The SMILES string of the molecule is CC(=O)NC(CC(=O)O)C(N)=O. The fourth-order valence-corrected chi connectivity index (χ4v) is 0.643. The molecule has 0 heterocycles. The summed E-state index contributed by atoms with van der Waals surface area (Å²) in [5.74, 6) is -2.53. The maximum absolute atomic E-state index is 10.5. The first-order valence-corrected chi connectivity index (χ1v) is 3.21. The number of hydrogen-bond acceptors (Lipinski definition) is 3. The van der Waals surface area contributed by atoms with Gasteiger partial charge in [-0.2, -0.15) is 0 Å². The number of hydrogen-bond donors (Lipinski definition) is 3. The quantitative estimate of drug-likeness (QED) is 0.479. The van der Waals surface area contributed by atoms with Crippen molar-refractivity contribution in [2.75, 3.05) is 0 Å². The number of primary amides is 1. The summed E-state index contributed by atoms with van der Waals surface area (Å²) < 4.78 is 0. The van der Waals surface area contributed by atoms with Gasteiger partial charge < -0.3 is 16.2 Å². The van der Waals surface area contributed by atoms with Gasteiger partial charge in [-0.3, -0.25) is 14.4 Å². The Labute approximate surface area is 68.7 Å². The second-order valence-corrected chi connectivity index (χ2v) is 2.25. The third kappa shape index (κ3) is 4.26. The smallest absolute Gasteiger partial charge is 0.305 e. The van der Waals surface area contributed by atoms with Gasteiger partial charge in [0, 0.05) is 6.92 Å². The number of nitrogens with two attached hydrogens (primary N) is 1. The van der Waals surface area contributed by atoms with E-state index >= 15 is 0 Å². The Kier molecular flexibility index (Phi) is 3.75. The normalized spacial score (nSPS) is 11.8. The fourth-order valence-electron chi connectivity index (χ4n) is 0.643. The second-order valence-electron chi connectivity index (χ2n) is 2.25. The number of rotatable bonds is 4. The average Bonchev–Trinajstić information content (AvgIpc) is 1.83. The molecule has 0 aliphatic heterocycles. The van der Waals surface area contributed by atoms with Gasteiger partial charge in [0.05, 0.1) is 6.42 Å². The van der Waals surface area contributed by atoms with Gasteiger partial charge in [0.1, 0.15) is 6.04 Å². The summed E-state index contributed by atoms with van der Waals surface area (Å²) in [4.78, 5) is 31.1. The molecule has 0 aliphatic carbocycles. The lowest BCUT2D eigenvalue weighted by molar-refractivity contribution is -0.140. The first-order chi connectivity index (χ1) is 5.43. The van der Waals surface area contributed by atoms with Gasteiger partial charge in [-0.25, -0.2) is 0 Å². The molecule has 68 valence electrons. The molecule has 2 amide bonds. The van der Waals surface area contributed by atoms with E-state index in [0.29, 0.717) is 0 Å². The molecule has 0 rings (SSSR count). The van der Waals surface area contributed by atoms with Gasteiger partial charge in [-0.1, -0.05) is 0 Å². The molecule has 0 aromatic carbocycles. The summed E-state index contributed by atoms with van der Waals surface area (Å²) in [6.45, 7) is 1.18. The number of carboxylic acid groups (broad SMARTS) is 1. The Bertz CT molecular complexity index is 198. The first-order valence-electron chi connectivity index (χ1n) is 3.21. The van der Waals surface area contributed by atoms with Gasteiger partial charge >= 0.3 is 5.97 Å². The Hall–Kier alpha value is -1.59. The van der Waals surface area contributed by atoms with E-state index < -0.39 is 30.2 Å². The van der Waals surface area contributed by atoms with Crippen molar-refractivity contribution < 1.29 is 19.5 Å². The monoisotopic (exact) mass is 174 g/mol. The summed E-state index contributed by atoms with van der Waals surface area (Å²) in [5.41, 5.74) is 4.82. The van der Waals surface area contributed by atoms with Crippen LogP contribution >= 0.6 is 0 Å². The molecule has 0 saturated carbocycles. The van der Waals surface area contributed by atoms with Crippen LogP contribution in [0.4, 0.5) is 0 Å². The molecular formula is C6H10N2O4. The predicted octanol–water partition coefficient (Wildman–Crippen LogP) is -1.55. The fraction of sp³-hybridized carbons (Fsp3) is 0.500. The molecule has 0 radical (unpaired) electrons. The predicted molar refractivity (Wildman–Crippen MR) is 39.1 cm³/mol. The molecule has 0 aliphatic rings. The van der Waals surface area contributed by atoms with Gasteiger partial charge in [0.2, 0.25) is 11.8 Å². The number of carboxylic acids is 1. The van der Waals surface area contributed by atoms with E-state index in [1.165, 1.54) is 6.92 Å². The van der Waals surface area contributed by atoms with Crippen LogP contribution in [0.1, 0.15) is 13.3 Å². The molecule has 0 aromatic rings. The van der Waals surface area contributed by atoms with Crippen molar-refractivity contribution in [2.45, 2.75) is 19.4 Å². The number of nitrogens with one attached hydrogen (secondary N) is 1. The lowest BCUT2D eigenvalue weighted by Gasteiger charge is -2.10. The molecule has 6 nitrogen and oxygen atoms in total. The lowest BCUT2D eigenvalue weighted by Crippen LogP contribution is -2.44. The zero-order chi connectivity index (χ0) is 9.72. The van der Waals surface area contributed by atoms with Crippen molar-refractivity contribution >= 4 is 17.8 Å². The van der Waals surface area contributed by atoms with Crippen LogP contribution in [0.15, 0.2) is 0 Å². The Morgan fingerprint density at radius 3 is 2.25 bits per heavy atom. The van der Waals surface area contributed by atoms with Gasteiger partial charge in [0.15, 0.2) is 0 Å². The van der Waals surface area contributed by atoms with Gasteiger partial charge in [-0.05, 0) is 0 Å². The highest BCUT2D eigenvalue weighted by molar-refractivity contribution is 5.88. The zero-order valence-electron chi connectivity index (χ0n) is 6.53. The molecule has 4 N–H and O–H groups in total. The standard InChI is InChI=1S/C6H10N2O4/c1-3(9)8-4(6(7)12)2-5(10)11/h4H,2H2,1H3,(H2,7,12)(H,8,9)(H,10,11). The van der Waals surface area contributed by atoms with E-state index in [4.69, 9.17) is 10.8 Å². The zero-order valence-corrected chi connectivity index (χ0v) is 6.53. The highest BCUT2D eigenvalue weighted by Gasteiger charge is 2.19. The van der Waals surface area contributed by atoms with Crippen LogP contribution in [0.2, 0.25) is 0 Å². The number of aliphatic carboxylic acids is 1. The molecule has 1 atom stereocenters. The van der Waals surface area contributed by atoms with Crippen LogP contribution < -0.4 is 11.1 Å². The van der Waals surface area contributed by atoms with E-state index in [9.17, 15) is 14.4 Å². The molecule has 0 fully saturated rings. The summed E-state index contributed by atoms with van der Waals surface area (Å²) in [6, 6.07) is -1.13. The van der Waals surface area contributed by atoms with Crippen LogP contribution in [-0.4, -0.2) is 28.9 Å². The number of amides is 2. The van der Waals surface area contributed by atoms with Crippen LogP contribution in [0.5, 0.6) is 0 Å². The van der Waals surface area contributed by atoms with Crippen molar-refractivity contribution in [3.8, 4) is 0 Å². The van der Waals surface area contributed by atoms with Gasteiger partial charge in [0.25, 0.3) is 0 Å². The summed E-state index contributed by atoms with van der Waals surface area (Å²) in [7, 11) is 0. The first kappa shape index (κ1) is 10.4. The largest absolute Gasteiger partial charge is 0.481 e. The highest BCUT2D eigenvalue weighted by atomic mass is 16.4. The Morgan fingerprint density at radius 1 is 1.50 bits per heavy atom. The molecule has 0 bridgehead atoms. The molecule has 0 aromatic heterocycles. The molecule has 12 heavy (non-hydrogen) atoms. The van der Waals surface area contributed by atoms with Gasteiger partial charge in [-0.15, -0.1) is 0 Å². The van der Waals surface area contributed by atoms with Crippen molar-refractivity contribution in [2.24, 2.45) is 5.73 Å².